The normalized spacial score (nSPS) is 14.5. The van der Waals surface area contributed by atoms with Crippen LogP contribution in [0.15, 0.2) is 36.4 Å². The van der Waals surface area contributed by atoms with Gasteiger partial charge in [-0.25, -0.2) is 0 Å². The highest BCUT2D eigenvalue weighted by Crippen LogP contribution is 2.29. The fourth-order valence-corrected chi connectivity index (χ4v) is 2.52. The maximum absolute atomic E-state index is 5.94. The molecule has 0 radical (unpaired) electrons. The summed E-state index contributed by atoms with van der Waals surface area (Å²) in [6, 6.07) is 13.4. The van der Waals surface area contributed by atoms with Crippen LogP contribution in [0, 0.1) is 0 Å². The summed E-state index contributed by atoms with van der Waals surface area (Å²) in [7, 11) is 0. The van der Waals surface area contributed by atoms with Gasteiger partial charge < -0.3 is 14.8 Å². The summed E-state index contributed by atoms with van der Waals surface area (Å²) in [6.07, 6.45) is 2.59. The molecule has 112 valence electrons. The van der Waals surface area contributed by atoms with E-state index < -0.39 is 0 Å². The SMILES string of the molecule is CCOCCOc1ccc2ccccc2c1CNC1CC1. The molecule has 1 N–H and O–H groups in total. The first kappa shape index (κ1) is 14.4. The van der Waals surface area contributed by atoms with E-state index in [0.29, 0.717) is 19.3 Å². The van der Waals surface area contributed by atoms with Gasteiger partial charge in [-0.15, -0.1) is 0 Å². The van der Waals surface area contributed by atoms with Gasteiger partial charge in [0.25, 0.3) is 0 Å². The molecule has 2 aromatic rings. The Kier molecular flexibility index (Phi) is 4.73. The molecule has 0 bridgehead atoms. The molecular weight excluding hydrogens is 262 g/mol. The molecule has 0 saturated heterocycles. The van der Waals surface area contributed by atoms with Crippen molar-refractivity contribution in [2.24, 2.45) is 0 Å². The molecule has 0 heterocycles. The maximum atomic E-state index is 5.94. The van der Waals surface area contributed by atoms with Crippen LogP contribution in [0.3, 0.4) is 0 Å². The van der Waals surface area contributed by atoms with Gasteiger partial charge in [0.15, 0.2) is 0 Å². The molecule has 2 aromatic carbocycles. The minimum Gasteiger partial charge on any atom is -0.491 e. The number of hydrogen-bond donors (Lipinski definition) is 1. The van der Waals surface area contributed by atoms with Crippen molar-refractivity contribution in [2.45, 2.75) is 32.4 Å². The van der Waals surface area contributed by atoms with Crippen molar-refractivity contribution in [1.29, 1.82) is 0 Å². The van der Waals surface area contributed by atoms with Crippen molar-refractivity contribution < 1.29 is 9.47 Å². The van der Waals surface area contributed by atoms with Gasteiger partial charge >= 0.3 is 0 Å². The molecule has 1 aliphatic rings. The van der Waals surface area contributed by atoms with Gasteiger partial charge in [-0.1, -0.05) is 30.3 Å². The van der Waals surface area contributed by atoms with E-state index in [2.05, 4.69) is 41.7 Å². The summed E-state index contributed by atoms with van der Waals surface area (Å²) in [5.41, 5.74) is 1.26. The molecule has 21 heavy (non-hydrogen) atoms. The Morgan fingerprint density at radius 1 is 1.10 bits per heavy atom. The maximum Gasteiger partial charge on any atom is 0.124 e. The molecule has 0 amide bonds. The molecule has 1 aliphatic carbocycles. The van der Waals surface area contributed by atoms with Gasteiger partial charge in [-0.3, -0.25) is 0 Å². The monoisotopic (exact) mass is 285 g/mol. The van der Waals surface area contributed by atoms with E-state index >= 15 is 0 Å². The van der Waals surface area contributed by atoms with Gasteiger partial charge in [0, 0.05) is 24.8 Å². The predicted octanol–water partition coefficient (Wildman–Crippen LogP) is 3.51. The fourth-order valence-electron chi connectivity index (χ4n) is 2.52. The van der Waals surface area contributed by atoms with Crippen molar-refractivity contribution in [3.63, 3.8) is 0 Å². The topological polar surface area (TPSA) is 30.5 Å². The largest absolute Gasteiger partial charge is 0.491 e. The van der Waals surface area contributed by atoms with E-state index in [9.17, 15) is 0 Å². The summed E-state index contributed by atoms with van der Waals surface area (Å²) in [5, 5.41) is 6.14. The molecular formula is C18H23NO2. The standard InChI is InChI=1S/C18H23NO2/c1-2-20-11-12-21-18-10-7-14-5-3-4-6-16(14)17(18)13-19-15-8-9-15/h3-7,10,15,19H,2,8-9,11-13H2,1H3. The average molecular weight is 285 g/mol. The van der Waals surface area contributed by atoms with Crippen molar-refractivity contribution in [3.8, 4) is 5.75 Å². The molecule has 0 unspecified atom stereocenters. The van der Waals surface area contributed by atoms with Gasteiger partial charge in [-0.2, -0.15) is 0 Å². The second-order valence-electron chi connectivity index (χ2n) is 5.46. The fraction of sp³-hybridized carbons (Fsp3) is 0.444. The van der Waals surface area contributed by atoms with Crippen LogP contribution in [0.5, 0.6) is 5.75 Å². The minimum atomic E-state index is 0.600. The van der Waals surface area contributed by atoms with Crippen LogP contribution >= 0.6 is 0 Å². The Morgan fingerprint density at radius 2 is 1.95 bits per heavy atom. The smallest absolute Gasteiger partial charge is 0.124 e. The van der Waals surface area contributed by atoms with Crippen molar-refractivity contribution in [3.05, 3.63) is 42.0 Å². The summed E-state index contributed by atoms with van der Waals surface area (Å²) in [6.45, 7) is 4.84. The highest BCUT2D eigenvalue weighted by atomic mass is 16.5. The van der Waals surface area contributed by atoms with Crippen LogP contribution < -0.4 is 10.1 Å². The Morgan fingerprint density at radius 3 is 2.76 bits per heavy atom. The summed E-state index contributed by atoms with van der Waals surface area (Å²) >= 11 is 0. The quantitative estimate of drug-likeness (QED) is 0.753. The highest BCUT2D eigenvalue weighted by Gasteiger charge is 2.21. The average Bonchev–Trinajstić information content (AvgIpc) is 3.34. The van der Waals surface area contributed by atoms with Crippen LogP contribution in [0.2, 0.25) is 0 Å². The number of fused-ring (bicyclic) bond motifs is 1. The number of benzene rings is 2. The molecule has 0 aromatic heterocycles. The van der Waals surface area contributed by atoms with Crippen LogP contribution in [0.25, 0.3) is 10.8 Å². The minimum absolute atomic E-state index is 0.600. The van der Waals surface area contributed by atoms with Gasteiger partial charge in [0.05, 0.1) is 6.61 Å². The lowest BCUT2D eigenvalue weighted by Gasteiger charge is -2.15. The highest BCUT2D eigenvalue weighted by molar-refractivity contribution is 5.87. The van der Waals surface area contributed by atoms with Crippen molar-refractivity contribution in [1.82, 2.24) is 5.32 Å². The molecule has 3 nitrogen and oxygen atoms in total. The van der Waals surface area contributed by atoms with Gasteiger partial charge in [-0.05, 0) is 36.6 Å². The molecule has 3 heteroatoms. The van der Waals surface area contributed by atoms with Crippen LogP contribution in [0.1, 0.15) is 25.3 Å². The van der Waals surface area contributed by atoms with E-state index in [4.69, 9.17) is 9.47 Å². The zero-order chi connectivity index (χ0) is 14.5. The third-order valence-electron chi connectivity index (χ3n) is 3.83. The zero-order valence-corrected chi connectivity index (χ0v) is 12.6. The first-order chi connectivity index (χ1) is 10.4. The van der Waals surface area contributed by atoms with Crippen LogP contribution in [0.4, 0.5) is 0 Å². The Bertz CT molecular complexity index is 593. The predicted molar refractivity (Wildman–Crippen MR) is 85.8 cm³/mol. The van der Waals surface area contributed by atoms with E-state index in [1.165, 1.54) is 29.2 Å². The van der Waals surface area contributed by atoms with Gasteiger partial charge in [0.1, 0.15) is 12.4 Å². The molecule has 0 atom stereocenters. The molecule has 1 saturated carbocycles. The Hall–Kier alpha value is -1.58. The second-order valence-corrected chi connectivity index (χ2v) is 5.46. The van der Waals surface area contributed by atoms with E-state index in [1.807, 2.05) is 6.92 Å². The van der Waals surface area contributed by atoms with Gasteiger partial charge in [0.2, 0.25) is 0 Å². The zero-order valence-electron chi connectivity index (χ0n) is 12.6. The molecule has 3 rings (SSSR count). The summed E-state index contributed by atoms with van der Waals surface area (Å²) in [4.78, 5) is 0. The van der Waals surface area contributed by atoms with E-state index in [0.717, 1.165) is 18.9 Å². The van der Waals surface area contributed by atoms with E-state index in [1.54, 1.807) is 0 Å². The Labute approximate surface area is 126 Å². The van der Waals surface area contributed by atoms with Crippen molar-refractivity contribution in [2.75, 3.05) is 19.8 Å². The second kappa shape index (κ2) is 6.92. The Balaban J connectivity index is 1.80. The number of ether oxygens (including phenoxy) is 2. The first-order valence-electron chi connectivity index (χ1n) is 7.83. The number of rotatable bonds is 8. The number of hydrogen-bond acceptors (Lipinski definition) is 3. The van der Waals surface area contributed by atoms with Crippen LogP contribution in [-0.2, 0) is 11.3 Å². The molecule has 0 spiro atoms. The third-order valence-corrected chi connectivity index (χ3v) is 3.83. The summed E-state index contributed by atoms with van der Waals surface area (Å²) < 4.78 is 11.3. The molecule has 1 fully saturated rings. The van der Waals surface area contributed by atoms with Crippen LogP contribution in [-0.4, -0.2) is 25.9 Å². The number of nitrogens with one attached hydrogen (secondary N) is 1. The van der Waals surface area contributed by atoms with Crippen molar-refractivity contribution >= 4 is 10.8 Å². The third kappa shape index (κ3) is 3.74. The lowest BCUT2D eigenvalue weighted by molar-refractivity contribution is 0.110. The lowest BCUT2D eigenvalue weighted by atomic mass is 10.0. The van der Waals surface area contributed by atoms with E-state index in [-0.39, 0.29) is 0 Å². The first-order valence-corrected chi connectivity index (χ1v) is 7.83. The molecule has 0 aliphatic heterocycles. The lowest BCUT2D eigenvalue weighted by Crippen LogP contribution is -2.17. The summed E-state index contributed by atoms with van der Waals surface area (Å²) in [5.74, 6) is 0.974.